The van der Waals surface area contributed by atoms with Crippen molar-refractivity contribution < 1.29 is 39.5 Å². The Labute approximate surface area is 298 Å². The largest absolute Gasteiger partial charge is 0.462 e. The van der Waals surface area contributed by atoms with E-state index in [1.165, 1.54) is 0 Å². The smallest absolute Gasteiger partial charge is 0.333 e. The molecular formula is C38H60O8S2. The van der Waals surface area contributed by atoms with E-state index in [1.807, 2.05) is 19.9 Å². The van der Waals surface area contributed by atoms with Crippen LogP contribution in [0.4, 0.5) is 0 Å². The van der Waals surface area contributed by atoms with E-state index in [4.69, 9.17) is 34.7 Å². The Hall–Kier alpha value is -1.30. The van der Waals surface area contributed by atoms with E-state index in [0.29, 0.717) is 56.1 Å². The predicted molar refractivity (Wildman–Crippen MR) is 194 cm³/mol. The third kappa shape index (κ3) is 6.27. The molecule has 4 saturated carbocycles. The molecule has 0 aliphatic heterocycles. The van der Waals surface area contributed by atoms with Crippen molar-refractivity contribution in [3.05, 3.63) is 36.0 Å². The van der Waals surface area contributed by atoms with E-state index >= 15 is 0 Å². The van der Waals surface area contributed by atoms with Gasteiger partial charge in [-0.1, -0.05) is 39.0 Å². The van der Waals surface area contributed by atoms with Crippen LogP contribution in [0.2, 0.25) is 0 Å². The lowest BCUT2D eigenvalue weighted by atomic mass is 9.42. The van der Waals surface area contributed by atoms with E-state index in [2.05, 4.69) is 13.5 Å². The van der Waals surface area contributed by atoms with Gasteiger partial charge >= 0.3 is 11.9 Å². The lowest BCUT2D eigenvalue weighted by Gasteiger charge is -2.69. The van der Waals surface area contributed by atoms with Gasteiger partial charge in [-0.3, -0.25) is 0 Å². The van der Waals surface area contributed by atoms with Crippen molar-refractivity contribution >= 4 is 37.2 Å². The molecule has 0 bridgehead atoms. The summed E-state index contributed by atoms with van der Waals surface area (Å²) in [6, 6.07) is 0. The molecular weight excluding hydrogens is 649 g/mol. The molecule has 8 nitrogen and oxygen atoms in total. The van der Waals surface area contributed by atoms with Crippen molar-refractivity contribution in [2.24, 2.45) is 39.9 Å². The zero-order valence-corrected chi connectivity index (χ0v) is 31.7. The molecule has 48 heavy (non-hydrogen) atoms. The quantitative estimate of drug-likeness (QED) is 0.0787. The van der Waals surface area contributed by atoms with Crippen LogP contribution in [0.5, 0.6) is 0 Å². The summed E-state index contributed by atoms with van der Waals surface area (Å²) in [4.78, 5) is 25.5. The molecule has 4 N–H and O–H groups in total. The highest BCUT2D eigenvalue weighted by Gasteiger charge is 2.70. The number of aliphatic hydroxyl groups excluding tert-OH is 4. The molecule has 4 aliphatic rings. The Morgan fingerprint density at radius 2 is 1.48 bits per heavy atom. The first-order valence-electron chi connectivity index (χ1n) is 17.7. The number of fused-ring (bicyclic) bond motifs is 2. The van der Waals surface area contributed by atoms with E-state index in [9.17, 15) is 30.0 Å². The number of allylic oxidation sites excluding steroid dienone is 3. The highest BCUT2D eigenvalue weighted by atomic mass is 32.1. The van der Waals surface area contributed by atoms with Crippen molar-refractivity contribution in [1.29, 1.82) is 0 Å². The van der Waals surface area contributed by atoms with E-state index in [0.717, 1.165) is 0 Å². The number of hydrogen-bond acceptors (Lipinski definition) is 10. The predicted octanol–water partition coefficient (Wildman–Crippen LogP) is 5.63. The van der Waals surface area contributed by atoms with Crippen LogP contribution in [0.1, 0.15) is 99.8 Å². The van der Waals surface area contributed by atoms with E-state index < -0.39 is 62.1 Å². The topological polar surface area (TPSA) is 134 Å². The third-order valence-corrected chi connectivity index (χ3v) is 15.7. The first kappa shape index (κ1) is 39.5. The highest BCUT2D eigenvalue weighted by Crippen LogP contribution is 2.70. The lowest BCUT2D eigenvalue weighted by molar-refractivity contribution is -0.244. The van der Waals surface area contributed by atoms with Crippen LogP contribution in [0.25, 0.3) is 0 Å². The summed E-state index contributed by atoms with van der Waals surface area (Å²) in [7, 11) is 0. The number of aliphatic hydroxyl groups is 4. The van der Waals surface area contributed by atoms with Gasteiger partial charge < -0.3 is 29.9 Å². The molecule has 4 fully saturated rings. The number of carbonyl (C=O) groups excluding carboxylic acids is 2. The van der Waals surface area contributed by atoms with E-state index in [-0.39, 0.29) is 43.3 Å². The molecule has 4 rings (SSSR count). The fraction of sp³-hybridized carbons (Fsp3) is 0.789. The van der Waals surface area contributed by atoms with Crippen LogP contribution < -0.4 is 0 Å². The summed E-state index contributed by atoms with van der Waals surface area (Å²) in [5, 5.41) is 46.4. The van der Waals surface area contributed by atoms with Crippen LogP contribution in [-0.2, 0) is 19.1 Å². The average molecular weight is 709 g/mol. The lowest BCUT2D eigenvalue weighted by Crippen LogP contribution is -2.71. The first-order valence-corrected chi connectivity index (χ1v) is 18.6. The van der Waals surface area contributed by atoms with Gasteiger partial charge in [0.25, 0.3) is 0 Å². The number of ether oxygens (including phenoxy) is 2. The zero-order valence-electron chi connectivity index (χ0n) is 29.9. The van der Waals surface area contributed by atoms with Gasteiger partial charge in [-0.2, -0.15) is 25.3 Å². The molecule has 0 saturated heterocycles. The molecule has 10 heteroatoms. The maximum atomic E-state index is 12.8. The standard InChI is InChI=1S/C38H60O8S2/c1-9-12-27-37(47)15-14-28(39)35(8,20-45-32(43)22(4)10-2)26(37)13-16-38(27,48)34(7)18-25-17-24(6)30(41)31(42)36(25,29(40)19-34)21-46-33(44)23(5)11-3/h9-11,24-31,39-42,47-48H,1,12-21H2,2-8H3/b22-10+,23-11+/t24-,25?,26?,27?,28+,29-,30-,31+,34+,35-,36+,37-,38+/m1/s1. The molecule has 13 atom stereocenters. The molecule has 0 radical (unpaired) electrons. The number of carbonyl (C=O) groups is 2. The average Bonchev–Trinajstić information content (AvgIpc) is 3.04. The first-order chi connectivity index (χ1) is 22.3. The van der Waals surface area contributed by atoms with Crippen LogP contribution in [-0.4, -0.2) is 79.5 Å². The summed E-state index contributed by atoms with van der Waals surface area (Å²) in [6.07, 6.45) is 5.77. The molecule has 3 unspecified atom stereocenters. The van der Waals surface area contributed by atoms with Gasteiger partial charge in [0.1, 0.15) is 6.61 Å². The number of thiol groups is 2. The van der Waals surface area contributed by atoms with Crippen LogP contribution >= 0.6 is 25.3 Å². The van der Waals surface area contributed by atoms with Crippen molar-refractivity contribution in [2.75, 3.05) is 13.2 Å². The fourth-order valence-electron chi connectivity index (χ4n) is 10.3. The number of rotatable bonds is 9. The maximum absolute atomic E-state index is 12.8. The fourth-order valence-corrected chi connectivity index (χ4v) is 11.9. The van der Waals surface area contributed by atoms with Crippen LogP contribution in [0, 0.1) is 39.9 Å². The summed E-state index contributed by atoms with van der Waals surface area (Å²) in [5.74, 6) is -1.57. The Morgan fingerprint density at radius 3 is 2.04 bits per heavy atom. The monoisotopic (exact) mass is 708 g/mol. The van der Waals surface area contributed by atoms with Gasteiger partial charge in [0.15, 0.2) is 0 Å². The third-order valence-electron chi connectivity index (χ3n) is 13.7. The Balaban J connectivity index is 1.72. The highest BCUT2D eigenvalue weighted by molar-refractivity contribution is 7.83. The van der Waals surface area contributed by atoms with Gasteiger partial charge in [-0.15, -0.1) is 6.58 Å². The van der Waals surface area contributed by atoms with Gasteiger partial charge in [0, 0.05) is 26.1 Å². The Bertz CT molecular complexity index is 1300. The molecule has 0 amide bonds. The molecule has 272 valence electrons. The molecule has 0 spiro atoms. The van der Waals surface area contributed by atoms with Gasteiger partial charge in [-0.25, -0.2) is 9.59 Å². The minimum atomic E-state index is -1.27. The van der Waals surface area contributed by atoms with Crippen LogP contribution in [0.3, 0.4) is 0 Å². The molecule has 0 aromatic carbocycles. The zero-order chi connectivity index (χ0) is 36.0. The van der Waals surface area contributed by atoms with Crippen LogP contribution in [0.15, 0.2) is 36.0 Å². The normalized spacial score (nSPS) is 46.6. The molecule has 4 aliphatic carbocycles. The van der Waals surface area contributed by atoms with Gasteiger partial charge in [0.05, 0.1) is 36.4 Å². The SMILES string of the molecule is C=CCC1[C@@]2(S)CC[C@H](O)[C@](C)(COC(=O)/C(C)=C/C)C2CC[C@@]1(S)[C@@]1(C)CC2C[C@@H](C)[C@@H](O)[C@H](O)[C@]2(COC(=O)/C(C)=C/C)[C@H](O)C1. The Morgan fingerprint density at radius 1 is 0.896 bits per heavy atom. The molecule has 0 aromatic heterocycles. The van der Waals surface area contributed by atoms with Gasteiger partial charge in [0.2, 0.25) is 0 Å². The van der Waals surface area contributed by atoms with Crippen molar-refractivity contribution in [2.45, 2.75) is 134 Å². The summed E-state index contributed by atoms with van der Waals surface area (Å²) < 4.78 is 10.3. The van der Waals surface area contributed by atoms with Crippen molar-refractivity contribution in [3.63, 3.8) is 0 Å². The minimum Gasteiger partial charge on any atom is -0.462 e. The van der Waals surface area contributed by atoms with Crippen molar-refractivity contribution in [3.8, 4) is 0 Å². The minimum absolute atomic E-state index is 0.0790. The Kier molecular flexibility index (Phi) is 11.8. The number of esters is 2. The second-order valence-corrected chi connectivity index (χ2v) is 17.8. The van der Waals surface area contributed by atoms with E-state index in [1.54, 1.807) is 39.8 Å². The van der Waals surface area contributed by atoms with Gasteiger partial charge in [-0.05, 0) is 108 Å². The molecule has 0 heterocycles. The summed E-state index contributed by atoms with van der Waals surface area (Å²) in [5.41, 5.74) is -1.54. The summed E-state index contributed by atoms with van der Waals surface area (Å²) in [6.45, 7) is 17.0. The summed E-state index contributed by atoms with van der Waals surface area (Å²) >= 11 is 11.2. The van der Waals surface area contributed by atoms with Crippen molar-refractivity contribution in [1.82, 2.24) is 0 Å². The maximum Gasteiger partial charge on any atom is 0.333 e. The second-order valence-electron chi connectivity index (χ2n) is 16.2. The molecule has 0 aromatic rings. The second kappa shape index (κ2) is 14.4. The number of hydrogen-bond donors (Lipinski definition) is 6.